The number of rotatable bonds is 0. The Labute approximate surface area is 42.8 Å². The van der Waals surface area contributed by atoms with Gasteiger partial charge in [-0.2, -0.15) is 0 Å². The van der Waals surface area contributed by atoms with Crippen LogP contribution in [0.4, 0.5) is 0 Å². The summed E-state index contributed by atoms with van der Waals surface area (Å²) < 4.78 is 0.208. The van der Waals surface area contributed by atoms with E-state index in [9.17, 15) is 0 Å². The molecule has 0 aromatic heterocycles. The molecule has 0 heterocycles. The van der Waals surface area contributed by atoms with E-state index < -0.39 is 0 Å². The Morgan fingerprint density at radius 3 is 1.50 bits per heavy atom. The Balaban J connectivity index is 2.32. The lowest BCUT2D eigenvalue weighted by Crippen LogP contribution is -1.61. The third-order valence-corrected chi connectivity index (χ3v) is 0. The van der Waals surface area contributed by atoms with Gasteiger partial charge in [0.05, 0.1) is 3.74 Å². The summed E-state index contributed by atoms with van der Waals surface area (Å²) in [6, 6.07) is 0. The van der Waals surface area contributed by atoms with Crippen LogP contribution in [0.15, 0.2) is 0 Å². The first-order chi connectivity index (χ1) is 1.73. The highest BCUT2D eigenvalue weighted by Crippen LogP contribution is 2.02. The van der Waals surface area contributed by atoms with E-state index in [2.05, 4.69) is 38.8 Å². The van der Waals surface area contributed by atoms with Crippen LogP contribution in [-0.4, -0.2) is 3.74 Å². The number of halogens is 2. The molecule has 0 rings (SSSR count). The van der Waals surface area contributed by atoms with Gasteiger partial charge in [-0.05, 0) is 6.92 Å². The van der Waals surface area contributed by atoms with Crippen molar-refractivity contribution >= 4 is 31.9 Å². The van der Waals surface area contributed by atoms with Crippen molar-refractivity contribution in [2.24, 2.45) is 0 Å². The second kappa shape index (κ2) is 2.21. The first-order valence-electron chi connectivity index (χ1n) is 0.845. The van der Waals surface area contributed by atoms with Crippen LogP contribution in [0.3, 0.4) is 0 Å². The molecule has 0 atom stereocenters. The zero-order chi connectivity index (χ0) is 3.58. The third kappa shape index (κ3) is 12.3. The third-order valence-electron chi connectivity index (χ3n) is 0. The monoisotopic (exact) mass is 185 g/mol. The van der Waals surface area contributed by atoms with E-state index in [0.29, 0.717) is 0 Å². The summed E-state index contributed by atoms with van der Waals surface area (Å²) in [4.78, 5) is 0. The van der Waals surface area contributed by atoms with Crippen LogP contribution in [-0.2, 0) is 0 Å². The smallest absolute Gasteiger partial charge is 0.0698 e. The molecule has 1 radical (unpaired) electrons. The van der Waals surface area contributed by atoms with Gasteiger partial charge in [0.2, 0.25) is 0 Å². The van der Waals surface area contributed by atoms with Gasteiger partial charge in [0, 0.05) is 0 Å². The molecule has 0 saturated carbocycles. The van der Waals surface area contributed by atoms with Crippen LogP contribution in [0.1, 0.15) is 0 Å². The molecular weight excluding hydrogens is 184 g/mol. The van der Waals surface area contributed by atoms with Gasteiger partial charge in [0.1, 0.15) is 0 Å². The van der Waals surface area contributed by atoms with Gasteiger partial charge in [-0.3, -0.25) is 0 Å². The Kier molecular flexibility index (Phi) is 2.74. The van der Waals surface area contributed by atoms with Crippen molar-refractivity contribution in [3.63, 3.8) is 0 Å². The van der Waals surface area contributed by atoms with Crippen LogP contribution >= 0.6 is 31.9 Å². The van der Waals surface area contributed by atoms with Gasteiger partial charge in [-0.15, -0.1) is 0 Å². The fourth-order valence-electron chi connectivity index (χ4n) is 0. The van der Waals surface area contributed by atoms with Crippen molar-refractivity contribution < 1.29 is 0 Å². The molecule has 0 aliphatic rings. The minimum absolute atomic E-state index is 0.208. The van der Waals surface area contributed by atoms with E-state index in [1.54, 1.807) is 0 Å². The Bertz CT molecular complexity index is 8.75. The van der Waals surface area contributed by atoms with Gasteiger partial charge in [-0.25, -0.2) is 0 Å². The summed E-state index contributed by atoms with van der Waals surface area (Å²) in [5, 5.41) is 0. The van der Waals surface area contributed by atoms with E-state index in [4.69, 9.17) is 0 Å². The van der Waals surface area contributed by atoms with E-state index in [-0.39, 0.29) is 3.74 Å². The largest absolute Gasteiger partial charge is 0.0765 e. The predicted molar refractivity (Wildman–Crippen MR) is 27.0 cm³/mol. The molecule has 0 aliphatic carbocycles. The topological polar surface area (TPSA) is 0 Å². The van der Waals surface area contributed by atoms with Gasteiger partial charge in [0.25, 0.3) is 0 Å². The second-order valence-corrected chi connectivity index (χ2v) is 3.83. The molecule has 0 nitrogen and oxygen atoms in total. The molecule has 25 valence electrons. The van der Waals surface area contributed by atoms with E-state index in [1.165, 1.54) is 0 Å². The predicted octanol–water partition coefficient (Wildman–Crippen LogP) is 1.94. The summed E-state index contributed by atoms with van der Waals surface area (Å²) >= 11 is 6.15. The van der Waals surface area contributed by atoms with Crippen LogP contribution in [0.2, 0.25) is 0 Å². The highest BCUT2D eigenvalue weighted by atomic mass is 79.9. The van der Waals surface area contributed by atoms with E-state index in [0.717, 1.165) is 0 Å². The minimum atomic E-state index is 0.208. The summed E-state index contributed by atoms with van der Waals surface area (Å²) in [7, 11) is 0. The SMILES string of the molecule is [CH2]C(Br)Br. The molecule has 0 saturated heterocycles. The van der Waals surface area contributed by atoms with Gasteiger partial charge >= 0.3 is 0 Å². The average molecular weight is 187 g/mol. The molecule has 0 bridgehead atoms. The molecule has 0 aliphatic heterocycles. The molecule has 0 spiro atoms. The maximum absolute atomic E-state index is 3.47. The Morgan fingerprint density at radius 2 is 1.50 bits per heavy atom. The lowest BCUT2D eigenvalue weighted by atomic mass is 11.0. The maximum atomic E-state index is 3.47. The van der Waals surface area contributed by atoms with Crippen molar-refractivity contribution in [1.82, 2.24) is 0 Å². The lowest BCUT2D eigenvalue weighted by Gasteiger charge is -1.73. The summed E-state index contributed by atoms with van der Waals surface area (Å²) in [6.07, 6.45) is 0. The van der Waals surface area contributed by atoms with Crippen molar-refractivity contribution in [3.8, 4) is 0 Å². The molecule has 0 N–H and O–H groups in total. The highest BCUT2D eigenvalue weighted by Gasteiger charge is 1.74. The zero-order valence-corrected chi connectivity index (χ0v) is 5.21. The summed E-state index contributed by atoms with van der Waals surface area (Å²) in [5.74, 6) is 0. The van der Waals surface area contributed by atoms with E-state index >= 15 is 0 Å². The van der Waals surface area contributed by atoms with Gasteiger partial charge in [0.15, 0.2) is 0 Å². The molecule has 4 heavy (non-hydrogen) atoms. The van der Waals surface area contributed by atoms with Crippen LogP contribution in [0, 0.1) is 6.92 Å². The summed E-state index contributed by atoms with van der Waals surface area (Å²) in [6.45, 7) is 3.47. The Hall–Kier alpha value is 0.960. The second-order valence-electron chi connectivity index (χ2n) is 0.391. The fraction of sp³-hybridized carbons (Fsp3) is 0.500. The number of alkyl halides is 2. The van der Waals surface area contributed by atoms with Crippen molar-refractivity contribution in [2.45, 2.75) is 3.74 Å². The molecular formula is C2H3Br2. The van der Waals surface area contributed by atoms with Crippen molar-refractivity contribution in [3.05, 3.63) is 6.92 Å². The van der Waals surface area contributed by atoms with E-state index in [1.807, 2.05) is 0 Å². The number of hydrogen-bond acceptors (Lipinski definition) is 0. The van der Waals surface area contributed by atoms with Gasteiger partial charge < -0.3 is 0 Å². The zero-order valence-electron chi connectivity index (χ0n) is 2.04. The normalized spacial score (nSPS) is 9.00. The molecule has 0 aromatic rings. The van der Waals surface area contributed by atoms with Crippen LogP contribution in [0.25, 0.3) is 0 Å². The first-order valence-corrected chi connectivity index (χ1v) is 2.68. The standard InChI is InChI=1S/C2H3Br2/c1-2(3)4/h2H,1H2. The first kappa shape index (κ1) is 4.96. The number of hydrogen-bond donors (Lipinski definition) is 0. The lowest BCUT2D eigenvalue weighted by molar-refractivity contribution is 1.77. The Morgan fingerprint density at radius 1 is 1.50 bits per heavy atom. The molecule has 0 unspecified atom stereocenters. The molecule has 0 fully saturated rings. The van der Waals surface area contributed by atoms with Crippen molar-refractivity contribution in [1.29, 1.82) is 0 Å². The quantitative estimate of drug-likeness (QED) is 0.508. The van der Waals surface area contributed by atoms with Crippen LogP contribution < -0.4 is 0 Å². The van der Waals surface area contributed by atoms with Crippen LogP contribution in [0.5, 0.6) is 0 Å². The van der Waals surface area contributed by atoms with Crippen molar-refractivity contribution in [2.75, 3.05) is 0 Å². The summed E-state index contributed by atoms with van der Waals surface area (Å²) in [5.41, 5.74) is 0. The molecule has 0 aromatic carbocycles. The van der Waals surface area contributed by atoms with Gasteiger partial charge in [-0.1, -0.05) is 31.9 Å². The maximum Gasteiger partial charge on any atom is 0.0698 e. The molecule has 2 heteroatoms. The highest BCUT2D eigenvalue weighted by molar-refractivity contribution is 9.24. The fourth-order valence-corrected chi connectivity index (χ4v) is 0. The average Bonchev–Trinajstić information content (AvgIpc) is 0.811. The molecule has 0 amide bonds. The minimum Gasteiger partial charge on any atom is -0.0765 e.